The minimum Gasteiger partial charge on any atom is -0.497 e. The first-order valence-electron chi connectivity index (χ1n) is 3.16. The molecular weight excluding hydrogens is 169 g/mol. The first-order chi connectivity index (χ1) is 5.74. The summed E-state index contributed by atoms with van der Waals surface area (Å²) in [5.41, 5.74) is 0. The van der Waals surface area contributed by atoms with Crippen molar-refractivity contribution in [2.45, 2.75) is 0 Å². The maximum absolute atomic E-state index is 12.3. The largest absolute Gasteiger partial charge is 0.497 e. The van der Waals surface area contributed by atoms with Crippen LogP contribution in [0.2, 0.25) is 0 Å². The van der Waals surface area contributed by atoms with E-state index in [0.717, 1.165) is 0 Å². The molecule has 0 aliphatic heterocycles. The van der Waals surface area contributed by atoms with Gasteiger partial charge in [-0.15, -0.1) is 0 Å². The van der Waals surface area contributed by atoms with Gasteiger partial charge < -0.3 is 4.74 Å². The maximum atomic E-state index is 12.3. The second kappa shape index (κ2) is 6.52. The third kappa shape index (κ3) is 4.60. The highest BCUT2D eigenvalue weighted by Crippen LogP contribution is 2.09. The van der Waals surface area contributed by atoms with Gasteiger partial charge in [-0.05, 0) is 12.1 Å². The highest BCUT2D eigenvalue weighted by atomic mass is 19.3. The van der Waals surface area contributed by atoms with Crippen LogP contribution < -0.4 is 4.74 Å². The number of halogens is 3. The minimum atomic E-state index is -1.75. The normalized spacial score (nSPS) is 8.33. The first-order valence-corrected chi connectivity index (χ1v) is 3.16. The van der Waals surface area contributed by atoms with Crippen LogP contribution in [0.3, 0.4) is 0 Å². The lowest BCUT2D eigenvalue weighted by Gasteiger charge is -1.95. The molecule has 0 saturated carbocycles. The Labute approximate surface area is 68.8 Å². The highest BCUT2D eigenvalue weighted by molar-refractivity contribution is 5.21. The van der Waals surface area contributed by atoms with Crippen molar-refractivity contribution in [1.29, 1.82) is 0 Å². The van der Waals surface area contributed by atoms with E-state index in [1.54, 1.807) is 12.1 Å². The van der Waals surface area contributed by atoms with Gasteiger partial charge in [-0.2, -0.15) is 0 Å². The molecule has 68 valence electrons. The molecule has 0 saturated heterocycles. The van der Waals surface area contributed by atoms with Crippen molar-refractivity contribution in [3.63, 3.8) is 0 Å². The average molecular weight is 178 g/mol. The summed E-state index contributed by atoms with van der Waals surface area (Å²) < 4.78 is 36.3. The van der Waals surface area contributed by atoms with Crippen LogP contribution in [0.4, 0.5) is 13.2 Å². The van der Waals surface area contributed by atoms with E-state index in [4.69, 9.17) is 4.74 Å². The van der Waals surface area contributed by atoms with Crippen molar-refractivity contribution in [2.24, 2.45) is 0 Å². The predicted octanol–water partition coefficient (Wildman–Crippen LogP) is 2.72. The van der Waals surface area contributed by atoms with E-state index in [9.17, 15) is 13.2 Å². The van der Waals surface area contributed by atoms with Crippen LogP contribution in [0.5, 0.6) is 5.75 Å². The Bertz CT molecular complexity index is 215. The molecule has 0 atom stereocenters. The number of hydrogen-bond donors (Lipinski definition) is 0. The van der Waals surface area contributed by atoms with Crippen molar-refractivity contribution in [1.82, 2.24) is 0 Å². The molecule has 0 heterocycles. The van der Waals surface area contributed by atoms with Gasteiger partial charge in [-0.3, -0.25) is 0 Å². The lowest BCUT2D eigenvalue weighted by atomic mass is 10.3. The zero-order valence-corrected chi connectivity index (χ0v) is 6.56. The summed E-state index contributed by atoms with van der Waals surface area (Å²) in [5, 5.41) is 0. The number of rotatable bonds is 1. The van der Waals surface area contributed by atoms with Gasteiger partial charge in [0.2, 0.25) is 6.93 Å². The van der Waals surface area contributed by atoms with Crippen molar-refractivity contribution >= 4 is 0 Å². The Morgan fingerprint density at radius 2 is 1.92 bits per heavy atom. The Morgan fingerprint density at radius 3 is 2.25 bits per heavy atom. The van der Waals surface area contributed by atoms with Gasteiger partial charge in [0, 0.05) is 6.07 Å². The fourth-order valence-corrected chi connectivity index (χ4v) is 0.594. The Kier molecular flexibility index (Phi) is 5.87. The molecule has 0 aromatic heterocycles. The standard InChI is InChI=1S/C7H7FO.CH2F2/c1-9-7-4-2-3-6(8)5-7;2-1-3/h2-5H,1H3;1H2. The predicted molar refractivity (Wildman–Crippen MR) is 40.0 cm³/mol. The molecule has 0 radical (unpaired) electrons. The SMILES string of the molecule is COc1cccc(F)c1.FCF. The molecule has 0 bridgehead atoms. The lowest BCUT2D eigenvalue weighted by molar-refractivity contribution is 0.295. The van der Waals surface area contributed by atoms with E-state index in [2.05, 4.69) is 0 Å². The molecule has 0 N–H and O–H groups in total. The van der Waals surface area contributed by atoms with Crippen LogP contribution in [0.25, 0.3) is 0 Å². The molecule has 0 amide bonds. The molecule has 0 fully saturated rings. The fraction of sp³-hybridized carbons (Fsp3) is 0.250. The summed E-state index contributed by atoms with van der Waals surface area (Å²) in [5.74, 6) is 0.282. The van der Waals surface area contributed by atoms with E-state index in [0.29, 0.717) is 5.75 Å². The number of methoxy groups -OCH3 is 1. The maximum Gasteiger partial charge on any atom is 0.229 e. The molecule has 1 aromatic carbocycles. The van der Waals surface area contributed by atoms with Gasteiger partial charge in [-0.1, -0.05) is 6.07 Å². The summed E-state index contributed by atoms with van der Waals surface area (Å²) in [6, 6.07) is 6.01. The monoisotopic (exact) mass is 178 g/mol. The summed E-state index contributed by atoms with van der Waals surface area (Å²) in [6.45, 7) is -1.75. The average Bonchev–Trinajstić information content (AvgIpc) is 2.06. The van der Waals surface area contributed by atoms with Crippen LogP contribution in [0.15, 0.2) is 24.3 Å². The van der Waals surface area contributed by atoms with Gasteiger partial charge in [0.15, 0.2) is 0 Å². The highest BCUT2D eigenvalue weighted by Gasteiger charge is 1.90. The molecule has 0 aliphatic rings. The van der Waals surface area contributed by atoms with Crippen molar-refractivity contribution in [2.75, 3.05) is 14.0 Å². The van der Waals surface area contributed by atoms with Gasteiger partial charge in [0.1, 0.15) is 11.6 Å². The lowest BCUT2D eigenvalue weighted by Crippen LogP contribution is -1.81. The summed E-state index contributed by atoms with van der Waals surface area (Å²) in [4.78, 5) is 0. The zero-order valence-electron chi connectivity index (χ0n) is 6.56. The minimum absolute atomic E-state index is 0.269. The number of alkyl halides is 2. The molecular formula is C8H9F3O. The Hall–Kier alpha value is -1.19. The van der Waals surface area contributed by atoms with E-state index in [-0.39, 0.29) is 5.82 Å². The van der Waals surface area contributed by atoms with Gasteiger partial charge in [0.05, 0.1) is 7.11 Å². The van der Waals surface area contributed by atoms with E-state index in [1.807, 2.05) is 0 Å². The van der Waals surface area contributed by atoms with Crippen LogP contribution in [-0.4, -0.2) is 14.0 Å². The van der Waals surface area contributed by atoms with Gasteiger partial charge in [-0.25, -0.2) is 13.2 Å². The van der Waals surface area contributed by atoms with Crippen molar-refractivity contribution in [3.05, 3.63) is 30.1 Å². The molecule has 1 aromatic rings. The van der Waals surface area contributed by atoms with E-state index in [1.165, 1.54) is 19.2 Å². The Morgan fingerprint density at radius 1 is 1.33 bits per heavy atom. The van der Waals surface area contributed by atoms with E-state index < -0.39 is 6.93 Å². The fourth-order valence-electron chi connectivity index (χ4n) is 0.594. The molecule has 0 spiro atoms. The second-order valence-electron chi connectivity index (χ2n) is 1.76. The Balaban J connectivity index is 0.000000354. The summed E-state index contributed by atoms with van der Waals surface area (Å²) >= 11 is 0. The topological polar surface area (TPSA) is 9.23 Å². The quantitative estimate of drug-likeness (QED) is 0.642. The molecule has 1 nitrogen and oxygen atoms in total. The van der Waals surface area contributed by atoms with Crippen molar-refractivity contribution < 1.29 is 17.9 Å². The molecule has 12 heavy (non-hydrogen) atoms. The second-order valence-corrected chi connectivity index (χ2v) is 1.76. The van der Waals surface area contributed by atoms with Gasteiger partial charge >= 0.3 is 0 Å². The molecule has 0 unspecified atom stereocenters. The molecule has 4 heteroatoms. The molecule has 1 rings (SSSR count). The summed E-state index contributed by atoms with van der Waals surface area (Å²) in [6.07, 6.45) is 0. The smallest absolute Gasteiger partial charge is 0.229 e. The number of benzene rings is 1. The van der Waals surface area contributed by atoms with E-state index >= 15 is 0 Å². The third-order valence-electron chi connectivity index (χ3n) is 1.03. The summed E-state index contributed by atoms with van der Waals surface area (Å²) in [7, 11) is 1.51. The van der Waals surface area contributed by atoms with Crippen LogP contribution in [0.1, 0.15) is 0 Å². The number of hydrogen-bond acceptors (Lipinski definition) is 1. The molecule has 0 aliphatic carbocycles. The van der Waals surface area contributed by atoms with Crippen LogP contribution >= 0.6 is 0 Å². The van der Waals surface area contributed by atoms with Crippen LogP contribution in [0, 0.1) is 5.82 Å². The zero-order chi connectivity index (χ0) is 9.40. The number of ether oxygens (including phenoxy) is 1. The van der Waals surface area contributed by atoms with Crippen molar-refractivity contribution in [3.8, 4) is 5.75 Å². The van der Waals surface area contributed by atoms with Crippen LogP contribution in [-0.2, 0) is 0 Å². The van der Waals surface area contributed by atoms with Gasteiger partial charge in [0.25, 0.3) is 0 Å². The first kappa shape index (κ1) is 10.8. The third-order valence-corrected chi connectivity index (χ3v) is 1.03.